The first-order chi connectivity index (χ1) is 7.75. The Morgan fingerprint density at radius 1 is 0.938 bits per heavy atom. The predicted octanol–water partition coefficient (Wildman–Crippen LogP) is 4.09. The molecule has 0 amide bonds. The fourth-order valence-electron chi connectivity index (χ4n) is 1.24. The summed E-state index contributed by atoms with van der Waals surface area (Å²) in [5, 5.41) is 1.13. The summed E-state index contributed by atoms with van der Waals surface area (Å²) in [4.78, 5) is 0. The van der Waals surface area contributed by atoms with Gasteiger partial charge in [0.25, 0.3) is 0 Å². The summed E-state index contributed by atoms with van der Waals surface area (Å²) in [5.41, 5.74) is 0.850. The Kier molecular flexibility index (Phi) is 3.54. The molecule has 3 heteroatoms. The molecule has 0 fully saturated rings. The molecule has 0 aliphatic heterocycles. The van der Waals surface area contributed by atoms with Crippen molar-refractivity contribution in [3.8, 4) is 5.75 Å². The highest BCUT2D eigenvalue weighted by Gasteiger charge is 2.03. The molecule has 0 aliphatic carbocycles. The Bertz CT molecular complexity index is 479. The predicted molar refractivity (Wildman–Crippen MR) is 70.2 cm³/mol. The van der Waals surface area contributed by atoms with Crippen molar-refractivity contribution in [2.24, 2.45) is 0 Å². The van der Waals surface area contributed by atoms with E-state index in [-0.39, 0.29) is 0 Å². The first-order valence-corrected chi connectivity index (χ1v) is 5.57. The Labute approximate surface area is 105 Å². The van der Waals surface area contributed by atoms with Gasteiger partial charge in [-0.05, 0) is 48.6 Å². The van der Waals surface area contributed by atoms with Crippen LogP contribution in [0.4, 0.5) is 0 Å². The zero-order valence-corrected chi connectivity index (χ0v) is 9.96. The molecule has 0 saturated heterocycles. The summed E-state index contributed by atoms with van der Waals surface area (Å²) >= 11 is 11.0. The molecule has 0 radical (unpaired) electrons. The number of halogens is 1. The minimum Gasteiger partial charge on any atom is -0.445 e. The van der Waals surface area contributed by atoms with Gasteiger partial charge < -0.3 is 4.74 Å². The fraction of sp³-hybridized carbons (Fsp3) is 0. The molecule has 0 saturated carbocycles. The molecule has 0 heterocycles. The van der Waals surface area contributed by atoms with Gasteiger partial charge in [0, 0.05) is 10.6 Å². The Morgan fingerprint density at radius 3 is 2.19 bits per heavy atom. The summed E-state index contributed by atoms with van der Waals surface area (Å²) in [6.45, 7) is 0. The van der Waals surface area contributed by atoms with E-state index < -0.39 is 0 Å². The van der Waals surface area contributed by atoms with Gasteiger partial charge in [-0.1, -0.05) is 29.8 Å². The van der Waals surface area contributed by atoms with Gasteiger partial charge in [-0.2, -0.15) is 0 Å². The number of thiocarbonyl (C=S) groups is 1. The van der Waals surface area contributed by atoms with Crippen LogP contribution in [0.25, 0.3) is 0 Å². The van der Waals surface area contributed by atoms with Crippen molar-refractivity contribution in [1.29, 1.82) is 0 Å². The molecule has 0 unspecified atom stereocenters. The van der Waals surface area contributed by atoms with E-state index in [9.17, 15) is 0 Å². The lowest BCUT2D eigenvalue weighted by Gasteiger charge is -2.06. The molecule has 0 aliphatic rings. The SMILES string of the molecule is S=C(Oc1ccccc1)c1ccc(Cl)cc1. The van der Waals surface area contributed by atoms with E-state index in [0.29, 0.717) is 10.1 Å². The van der Waals surface area contributed by atoms with Crippen LogP contribution in [0, 0.1) is 0 Å². The normalized spacial score (nSPS) is 9.81. The molecular formula is C13H9ClOS. The second-order valence-electron chi connectivity index (χ2n) is 3.21. The minimum atomic E-state index is 0.447. The highest BCUT2D eigenvalue weighted by atomic mass is 35.5. The van der Waals surface area contributed by atoms with Gasteiger partial charge in [0.15, 0.2) is 5.05 Å². The molecule has 0 bridgehead atoms. The van der Waals surface area contributed by atoms with Gasteiger partial charge in [-0.3, -0.25) is 0 Å². The molecule has 1 nitrogen and oxygen atoms in total. The first kappa shape index (κ1) is 11.1. The Balaban J connectivity index is 2.12. The van der Waals surface area contributed by atoms with Gasteiger partial charge in [-0.15, -0.1) is 0 Å². The van der Waals surface area contributed by atoms with E-state index in [1.165, 1.54) is 0 Å². The molecule has 2 rings (SSSR count). The monoisotopic (exact) mass is 248 g/mol. The summed E-state index contributed by atoms with van der Waals surface area (Å²) in [7, 11) is 0. The lowest BCUT2D eigenvalue weighted by Crippen LogP contribution is -2.06. The maximum Gasteiger partial charge on any atom is 0.198 e. The fourth-order valence-corrected chi connectivity index (χ4v) is 1.60. The first-order valence-electron chi connectivity index (χ1n) is 4.78. The Morgan fingerprint density at radius 2 is 1.56 bits per heavy atom. The molecule has 80 valence electrons. The summed E-state index contributed by atoms with van der Waals surface area (Å²) < 4.78 is 5.53. The van der Waals surface area contributed by atoms with Crippen molar-refractivity contribution in [2.75, 3.05) is 0 Å². The molecule has 0 spiro atoms. The zero-order chi connectivity index (χ0) is 11.4. The Hall–Kier alpha value is -1.38. The van der Waals surface area contributed by atoms with E-state index in [1.807, 2.05) is 42.5 Å². The zero-order valence-electron chi connectivity index (χ0n) is 8.39. The average molecular weight is 249 g/mol. The smallest absolute Gasteiger partial charge is 0.198 e. The average Bonchev–Trinajstić information content (AvgIpc) is 2.31. The van der Waals surface area contributed by atoms with E-state index in [4.69, 9.17) is 28.6 Å². The topological polar surface area (TPSA) is 9.23 Å². The van der Waals surface area contributed by atoms with E-state index >= 15 is 0 Å². The van der Waals surface area contributed by atoms with Crippen molar-refractivity contribution >= 4 is 28.9 Å². The summed E-state index contributed by atoms with van der Waals surface area (Å²) in [6.07, 6.45) is 0. The van der Waals surface area contributed by atoms with Gasteiger partial charge in [0.2, 0.25) is 0 Å². The van der Waals surface area contributed by atoms with Crippen molar-refractivity contribution < 1.29 is 4.74 Å². The van der Waals surface area contributed by atoms with E-state index in [0.717, 1.165) is 11.3 Å². The van der Waals surface area contributed by atoms with Gasteiger partial charge in [-0.25, -0.2) is 0 Å². The van der Waals surface area contributed by atoms with Crippen LogP contribution in [0.15, 0.2) is 54.6 Å². The van der Waals surface area contributed by atoms with Crippen LogP contribution in [-0.2, 0) is 0 Å². The second-order valence-corrected chi connectivity index (χ2v) is 4.02. The maximum atomic E-state index is 5.79. The number of ether oxygens (including phenoxy) is 1. The van der Waals surface area contributed by atoms with Gasteiger partial charge in [0.05, 0.1) is 0 Å². The quantitative estimate of drug-likeness (QED) is 0.741. The van der Waals surface area contributed by atoms with Crippen LogP contribution in [-0.4, -0.2) is 5.05 Å². The maximum absolute atomic E-state index is 5.79. The van der Waals surface area contributed by atoms with E-state index in [2.05, 4.69) is 0 Å². The number of benzene rings is 2. The minimum absolute atomic E-state index is 0.447. The van der Waals surface area contributed by atoms with Crippen LogP contribution in [0.1, 0.15) is 5.56 Å². The molecule has 0 N–H and O–H groups in total. The standard InChI is InChI=1S/C13H9ClOS/c14-11-8-6-10(7-9-11)13(16)15-12-4-2-1-3-5-12/h1-9H. The van der Waals surface area contributed by atoms with Crippen LogP contribution in [0.2, 0.25) is 5.02 Å². The van der Waals surface area contributed by atoms with Crippen molar-refractivity contribution in [3.05, 3.63) is 65.2 Å². The lowest BCUT2D eigenvalue weighted by molar-refractivity contribution is 0.566. The van der Waals surface area contributed by atoms with Gasteiger partial charge in [0.1, 0.15) is 5.75 Å². The van der Waals surface area contributed by atoms with E-state index in [1.54, 1.807) is 12.1 Å². The number of hydrogen-bond donors (Lipinski definition) is 0. The van der Waals surface area contributed by atoms with Crippen LogP contribution in [0.5, 0.6) is 5.75 Å². The largest absolute Gasteiger partial charge is 0.445 e. The van der Waals surface area contributed by atoms with Gasteiger partial charge >= 0.3 is 0 Å². The molecule has 2 aromatic rings. The summed E-state index contributed by atoms with van der Waals surface area (Å²) in [6, 6.07) is 16.7. The highest BCUT2D eigenvalue weighted by Crippen LogP contribution is 2.14. The number of para-hydroxylation sites is 1. The molecule has 16 heavy (non-hydrogen) atoms. The van der Waals surface area contributed by atoms with Crippen molar-refractivity contribution in [1.82, 2.24) is 0 Å². The molecule has 0 aromatic heterocycles. The summed E-state index contributed by atoms with van der Waals surface area (Å²) in [5.74, 6) is 0.738. The number of rotatable bonds is 2. The van der Waals surface area contributed by atoms with Crippen LogP contribution >= 0.6 is 23.8 Å². The molecular weight excluding hydrogens is 240 g/mol. The molecule has 2 aromatic carbocycles. The third-order valence-corrected chi connectivity index (χ3v) is 2.60. The molecule has 0 atom stereocenters. The van der Waals surface area contributed by atoms with Crippen LogP contribution in [0.3, 0.4) is 0 Å². The second kappa shape index (κ2) is 5.10. The lowest BCUT2D eigenvalue weighted by atomic mass is 10.2. The van der Waals surface area contributed by atoms with Crippen molar-refractivity contribution in [2.45, 2.75) is 0 Å². The highest BCUT2D eigenvalue weighted by molar-refractivity contribution is 7.80. The van der Waals surface area contributed by atoms with Crippen LogP contribution < -0.4 is 4.74 Å². The third-order valence-electron chi connectivity index (χ3n) is 2.03. The number of hydrogen-bond acceptors (Lipinski definition) is 2. The third kappa shape index (κ3) is 2.81. The van der Waals surface area contributed by atoms with Crippen molar-refractivity contribution in [3.63, 3.8) is 0 Å².